The summed E-state index contributed by atoms with van der Waals surface area (Å²) in [4.78, 5) is 13.0. The molecular weight excluding hydrogens is 331 g/mol. The van der Waals surface area contributed by atoms with Crippen LogP contribution in [0.1, 0.15) is 22.8 Å². The molecule has 23 heavy (non-hydrogen) atoms. The molecule has 0 aliphatic carbocycles. The van der Waals surface area contributed by atoms with Crippen LogP contribution in [0.25, 0.3) is 0 Å². The van der Waals surface area contributed by atoms with Crippen LogP contribution in [0.15, 0.2) is 18.6 Å². The number of thiazole rings is 1. The van der Waals surface area contributed by atoms with Gasteiger partial charge in [0.25, 0.3) is 0 Å². The number of nitrogens with one attached hydrogen (secondary N) is 3. The fourth-order valence-corrected chi connectivity index (χ4v) is 6.67. The van der Waals surface area contributed by atoms with Crippen molar-refractivity contribution in [3.8, 4) is 0 Å². The van der Waals surface area contributed by atoms with Crippen LogP contribution >= 0.6 is 18.6 Å². The van der Waals surface area contributed by atoms with Gasteiger partial charge >= 0.3 is 0 Å². The van der Waals surface area contributed by atoms with Gasteiger partial charge in [0.1, 0.15) is 15.8 Å². The average Bonchev–Trinajstić information content (AvgIpc) is 3.19. The van der Waals surface area contributed by atoms with Crippen molar-refractivity contribution in [1.82, 2.24) is 20.0 Å². The summed E-state index contributed by atoms with van der Waals surface area (Å²) in [6.45, 7) is 3.23. The van der Waals surface area contributed by atoms with Gasteiger partial charge in [0.2, 0.25) is 0 Å². The zero-order chi connectivity index (χ0) is 16.3. The van der Waals surface area contributed by atoms with Gasteiger partial charge in [-0.2, -0.15) is 0 Å². The van der Waals surface area contributed by atoms with E-state index in [1.165, 1.54) is 0 Å². The molecule has 3 heterocycles. The van der Waals surface area contributed by atoms with Crippen LogP contribution < -0.4 is 15.7 Å². The molecule has 7 nitrogen and oxygen atoms in total. The van der Waals surface area contributed by atoms with Crippen molar-refractivity contribution >= 4 is 29.4 Å². The van der Waals surface area contributed by atoms with Crippen LogP contribution in [0.5, 0.6) is 0 Å². The van der Waals surface area contributed by atoms with Gasteiger partial charge in [0.15, 0.2) is 7.29 Å². The maximum Gasteiger partial charge on any atom is 0.159 e. The summed E-state index contributed by atoms with van der Waals surface area (Å²) < 4.78 is 13.2. The summed E-state index contributed by atoms with van der Waals surface area (Å²) in [6, 6.07) is 0. The Kier molecular flexibility index (Phi) is 4.94. The van der Waals surface area contributed by atoms with E-state index in [2.05, 4.69) is 30.7 Å². The van der Waals surface area contributed by atoms with E-state index in [0.29, 0.717) is 18.5 Å². The van der Waals surface area contributed by atoms with E-state index in [1.807, 2.05) is 14.0 Å². The first kappa shape index (κ1) is 16.4. The Morgan fingerprint density at radius 1 is 1.35 bits per heavy atom. The van der Waals surface area contributed by atoms with Crippen molar-refractivity contribution in [2.24, 2.45) is 0 Å². The number of hydrogen-bond acceptors (Lipinski definition) is 7. The van der Waals surface area contributed by atoms with Crippen LogP contribution in [0.2, 0.25) is 0 Å². The van der Waals surface area contributed by atoms with Gasteiger partial charge in [-0.05, 0) is 13.3 Å². The van der Waals surface area contributed by atoms with E-state index < -0.39 is 7.29 Å². The maximum absolute atomic E-state index is 13.2. The fraction of sp³-hybridized carbons (Fsp3) is 0.500. The molecule has 2 atom stereocenters. The molecule has 2 aromatic heterocycles. The first-order chi connectivity index (χ1) is 11.1. The molecule has 0 bridgehead atoms. The van der Waals surface area contributed by atoms with Crippen LogP contribution in [0.4, 0.5) is 10.8 Å². The highest BCUT2D eigenvalue weighted by molar-refractivity contribution is 7.62. The highest BCUT2D eigenvalue weighted by atomic mass is 32.1. The molecule has 0 aromatic carbocycles. The fourth-order valence-electron chi connectivity index (χ4n) is 2.58. The number of nitrogens with zero attached hydrogens (tertiary/aromatic N) is 3. The Morgan fingerprint density at radius 3 is 2.83 bits per heavy atom. The first-order valence-electron chi connectivity index (χ1n) is 7.60. The molecule has 1 fully saturated rings. The molecule has 0 saturated carbocycles. The van der Waals surface area contributed by atoms with Crippen molar-refractivity contribution in [2.75, 3.05) is 36.9 Å². The molecule has 3 N–H and O–H groups in total. The average molecular weight is 352 g/mol. The lowest BCUT2D eigenvalue weighted by Crippen LogP contribution is -2.19. The highest BCUT2D eigenvalue weighted by Crippen LogP contribution is 2.59. The standard InChI is InChI=1S/C14H21N6OPS/c1-10-6-17-12(8-16-10)18-7-11(22(21)5-3-4-20-22)14-19-9-13(15-2)23-14/h6,8-9,11,15H,3-5,7H2,1-2H3,(H,17,18)(H,20,21). The minimum Gasteiger partial charge on any atom is -0.379 e. The van der Waals surface area contributed by atoms with Crippen molar-refractivity contribution in [3.05, 3.63) is 29.3 Å². The predicted octanol–water partition coefficient (Wildman–Crippen LogP) is 2.71. The number of aromatic nitrogens is 3. The van der Waals surface area contributed by atoms with Crippen molar-refractivity contribution in [3.63, 3.8) is 0 Å². The Bertz CT molecular complexity index is 694. The Balaban J connectivity index is 1.80. The minimum atomic E-state index is -2.49. The van der Waals surface area contributed by atoms with E-state index in [0.717, 1.165) is 28.7 Å². The van der Waals surface area contributed by atoms with E-state index in [4.69, 9.17) is 0 Å². The Labute approximate surface area is 139 Å². The van der Waals surface area contributed by atoms with Gasteiger partial charge in [0.05, 0.1) is 29.9 Å². The van der Waals surface area contributed by atoms with Crippen molar-refractivity contribution in [1.29, 1.82) is 0 Å². The third-order valence-electron chi connectivity index (χ3n) is 3.86. The number of aryl methyl sites for hydroxylation is 1. The van der Waals surface area contributed by atoms with Crippen LogP contribution in [0, 0.1) is 6.92 Å². The van der Waals surface area contributed by atoms with Crippen molar-refractivity contribution in [2.45, 2.75) is 19.0 Å². The van der Waals surface area contributed by atoms with Crippen molar-refractivity contribution < 1.29 is 4.57 Å². The van der Waals surface area contributed by atoms with Crippen LogP contribution in [-0.4, -0.2) is 41.3 Å². The van der Waals surface area contributed by atoms with Gasteiger partial charge in [0, 0.05) is 26.3 Å². The smallest absolute Gasteiger partial charge is 0.159 e. The third-order valence-corrected chi connectivity index (χ3v) is 8.34. The molecule has 0 amide bonds. The van der Waals surface area contributed by atoms with E-state index in [9.17, 15) is 4.57 Å². The molecule has 124 valence electrons. The van der Waals surface area contributed by atoms with E-state index >= 15 is 0 Å². The number of anilines is 2. The van der Waals surface area contributed by atoms with Gasteiger partial charge in [-0.3, -0.25) is 10.1 Å². The summed E-state index contributed by atoms with van der Waals surface area (Å²) >= 11 is 1.55. The molecule has 9 heteroatoms. The monoisotopic (exact) mass is 352 g/mol. The Morgan fingerprint density at radius 2 is 2.22 bits per heavy atom. The summed E-state index contributed by atoms with van der Waals surface area (Å²) in [7, 11) is -0.623. The minimum absolute atomic E-state index is 0.153. The molecule has 0 radical (unpaired) electrons. The largest absolute Gasteiger partial charge is 0.379 e. The summed E-state index contributed by atoms with van der Waals surface area (Å²) in [5, 5.41) is 11.4. The quantitative estimate of drug-likeness (QED) is 0.689. The maximum atomic E-state index is 13.2. The summed E-state index contributed by atoms with van der Waals surface area (Å²) in [6.07, 6.45) is 6.87. The number of hydrogen-bond donors (Lipinski definition) is 3. The van der Waals surface area contributed by atoms with Gasteiger partial charge in [-0.1, -0.05) is 0 Å². The lowest BCUT2D eigenvalue weighted by molar-refractivity contribution is 0.563. The Hall–Kier alpha value is -1.50. The van der Waals surface area contributed by atoms with Gasteiger partial charge < -0.3 is 15.2 Å². The second-order valence-electron chi connectivity index (χ2n) is 5.53. The third kappa shape index (κ3) is 3.71. The highest BCUT2D eigenvalue weighted by Gasteiger charge is 2.38. The normalized spacial score (nSPS) is 22.0. The lowest BCUT2D eigenvalue weighted by atomic mass is 10.4. The van der Waals surface area contributed by atoms with E-state index in [1.54, 1.807) is 29.9 Å². The van der Waals surface area contributed by atoms with Crippen LogP contribution in [-0.2, 0) is 4.57 Å². The zero-order valence-corrected chi connectivity index (χ0v) is 15.0. The van der Waals surface area contributed by atoms with Crippen LogP contribution in [0.3, 0.4) is 0 Å². The predicted molar refractivity (Wildman–Crippen MR) is 94.8 cm³/mol. The molecule has 1 aliphatic heterocycles. The van der Waals surface area contributed by atoms with Gasteiger partial charge in [-0.25, -0.2) is 9.97 Å². The molecule has 1 saturated heterocycles. The second-order valence-corrected chi connectivity index (χ2v) is 9.57. The van der Waals surface area contributed by atoms with Gasteiger partial charge in [-0.15, -0.1) is 11.3 Å². The molecular formula is C14H21N6OPS. The second kappa shape index (κ2) is 6.95. The molecule has 1 aliphatic rings. The first-order valence-corrected chi connectivity index (χ1v) is 10.4. The van der Waals surface area contributed by atoms with E-state index in [-0.39, 0.29) is 5.66 Å². The molecule has 2 aromatic rings. The summed E-state index contributed by atoms with van der Waals surface area (Å²) in [5.74, 6) is 0.691. The molecule has 2 unspecified atom stereocenters. The SMILES string of the molecule is CNc1cnc(C(CNc2cnc(C)cn2)P2(=O)CCCN2)s1. The molecule has 3 rings (SSSR count). The lowest BCUT2D eigenvalue weighted by Gasteiger charge is -2.23. The topological polar surface area (TPSA) is 91.8 Å². The molecule has 0 spiro atoms. The zero-order valence-electron chi connectivity index (χ0n) is 13.2. The summed E-state index contributed by atoms with van der Waals surface area (Å²) in [5.41, 5.74) is 0.719. The number of rotatable bonds is 6.